The second kappa shape index (κ2) is 9.30. The zero-order valence-corrected chi connectivity index (χ0v) is 16.9. The van der Waals surface area contributed by atoms with Crippen molar-refractivity contribution in [1.29, 1.82) is 0 Å². The molecule has 0 saturated heterocycles. The van der Waals surface area contributed by atoms with E-state index in [-0.39, 0.29) is 39.9 Å². The summed E-state index contributed by atoms with van der Waals surface area (Å²) >= 11 is 11.9. The topological polar surface area (TPSA) is 72.6 Å². The average Bonchev–Trinajstić information content (AvgIpc) is 2.70. The summed E-state index contributed by atoms with van der Waals surface area (Å²) in [5.74, 6) is -0.995. The molecular weight excluding hydrogens is 399 g/mol. The molecule has 1 aliphatic carbocycles. The average molecular weight is 421 g/mol. The number of nitrogens with zero attached hydrogens (tertiary/aromatic N) is 1. The van der Waals surface area contributed by atoms with Crippen LogP contribution in [0.25, 0.3) is 0 Å². The van der Waals surface area contributed by atoms with Gasteiger partial charge in [-0.3, -0.25) is 4.79 Å². The molecule has 0 unspecified atom stereocenters. The monoisotopic (exact) mass is 420 g/mol. The van der Waals surface area contributed by atoms with Gasteiger partial charge in [-0.05, 0) is 37.1 Å². The Labute approximate surface area is 174 Å². The second-order valence-corrected chi connectivity index (χ2v) is 7.66. The van der Waals surface area contributed by atoms with Gasteiger partial charge in [0.2, 0.25) is 0 Å². The van der Waals surface area contributed by atoms with E-state index in [1.54, 1.807) is 4.90 Å². The molecule has 0 atom stereocenters. The van der Waals surface area contributed by atoms with Crippen LogP contribution in [-0.2, 0) is 9.53 Å². The molecule has 7 heteroatoms. The summed E-state index contributed by atoms with van der Waals surface area (Å²) in [6, 6.07) is 12.4. The van der Waals surface area contributed by atoms with Crippen LogP contribution in [0.15, 0.2) is 42.5 Å². The lowest BCUT2D eigenvalue weighted by atomic mass is 9.93. The molecular formula is C21H22Cl2N2O3. The highest BCUT2D eigenvalue weighted by Gasteiger charge is 2.28. The first-order valence-corrected chi connectivity index (χ1v) is 10.0. The number of hydrogen-bond donors (Lipinski definition) is 1. The summed E-state index contributed by atoms with van der Waals surface area (Å²) in [6.07, 6.45) is 5.21. The van der Waals surface area contributed by atoms with Crippen LogP contribution in [0.3, 0.4) is 0 Å². The summed E-state index contributed by atoms with van der Waals surface area (Å²) in [4.78, 5) is 27.1. The zero-order valence-electron chi connectivity index (χ0n) is 15.4. The van der Waals surface area contributed by atoms with Gasteiger partial charge in [0.1, 0.15) is 0 Å². The van der Waals surface area contributed by atoms with Crippen molar-refractivity contribution in [2.45, 2.75) is 38.1 Å². The van der Waals surface area contributed by atoms with Gasteiger partial charge in [0.05, 0.1) is 16.3 Å². The fraction of sp³-hybridized carbons (Fsp3) is 0.333. The Hall–Kier alpha value is -2.24. The molecule has 1 saturated carbocycles. The SMILES string of the molecule is Nc1c(Cl)cc(Cl)cc1C(=O)OCC(=O)N(c1ccccc1)C1CCCCC1. The fourth-order valence-electron chi connectivity index (χ4n) is 3.51. The minimum absolute atomic E-state index is 0.0502. The molecule has 1 amide bonds. The molecule has 0 aromatic heterocycles. The molecule has 0 aliphatic heterocycles. The van der Waals surface area contributed by atoms with Crippen LogP contribution < -0.4 is 10.6 Å². The van der Waals surface area contributed by atoms with Gasteiger partial charge in [0, 0.05) is 16.8 Å². The summed E-state index contributed by atoms with van der Waals surface area (Å²) < 4.78 is 5.25. The van der Waals surface area contributed by atoms with Crippen molar-refractivity contribution in [3.8, 4) is 0 Å². The number of carbonyl (C=O) groups is 2. The van der Waals surface area contributed by atoms with Crippen LogP contribution in [0, 0.1) is 0 Å². The number of ether oxygens (including phenoxy) is 1. The van der Waals surface area contributed by atoms with Crippen LogP contribution in [0.5, 0.6) is 0 Å². The number of hydrogen-bond acceptors (Lipinski definition) is 4. The molecule has 2 aromatic carbocycles. The lowest BCUT2D eigenvalue weighted by molar-refractivity contribution is -0.122. The van der Waals surface area contributed by atoms with E-state index in [2.05, 4.69) is 0 Å². The van der Waals surface area contributed by atoms with Crippen LogP contribution >= 0.6 is 23.2 Å². The lowest BCUT2D eigenvalue weighted by Crippen LogP contribution is -2.43. The Morgan fingerprint density at radius 3 is 2.43 bits per heavy atom. The number of halogens is 2. The Kier molecular flexibility index (Phi) is 6.81. The smallest absolute Gasteiger partial charge is 0.340 e. The first kappa shape index (κ1) is 20.5. The number of anilines is 2. The standard InChI is InChI=1S/C21H22Cl2N2O3/c22-14-11-17(20(24)18(23)12-14)21(27)28-13-19(26)25(15-7-3-1-4-8-15)16-9-5-2-6-10-16/h1,3-4,7-8,11-12,16H,2,5-6,9-10,13,24H2. The number of benzene rings is 2. The van der Waals surface area contributed by atoms with Crippen LogP contribution in [0.4, 0.5) is 11.4 Å². The van der Waals surface area contributed by atoms with E-state index in [9.17, 15) is 9.59 Å². The quantitative estimate of drug-likeness (QED) is 0.539. The van der Waals surface area contributed by atoms with Crippen LogP contribution in [0.1, 0.15) is 42.5 Å². The Morgan fingerprint density at radius 2 is 1.75 bits per heavy atom. The molecule has 5 nitrogen and oxygen atoms in total. The van der Waals surface area contributed by atoms with E-state index < -0.39 is 5.97 Å². The number of amides is 1. The number of carbonyl (C=O) groups excluding carboxylic acids is 2. The van der Waals surface area contributed by atoms with E-state index >= 15 is 0 Å². The molecule has 0 bridgehead atoms. The van der Waals surface area contributed by atoms with Crippen molar-refractivity contribution in [3.63, 3.8) is 0 Å². The molecule has 1 fully saturated rings. The lowest BCUT2D eigenvalue weighted by Gasteiger charge is -2.34. The van der Waals surface area contributed by atoms with Gasteiger partial charge in [-0.2, -0.15) is 0 Å². The molecule has 0 heterocycles. The molecule has 3 rings (SSSR count). The molecule has 148 valence electrons. The van der Waals surface area contributed by atoms with Gasteiger partial charge >= 0.3 is 5.97 Å². The molecule has 2 aromatic rings. The normalized spacial score (nSPS) is 14.5. The third kappa shape index (κ3) is 4.78. The van der Waals surface area contributed by atoms with Crippen LogP contribution in [-0.4, -0.2) is 24.5 Å². The van der Waals surface area contributed by atoms with E-state index in [4.69, 9.17) is 33.7 Å². The fourth-order valence-corrected chi connectivity index (χ4v) is 4.01. The number of para-hydroxylation sites is 1. The van der Waals surface area contributed by atoms with Crippen molar-refractivity contribution in [1.82, 2.24) is 0 Å². The summed E-state index contributed by atoms with van der Waals surface area (Å²) in [5, 5.41) is 0.435. The van der Waals surface area contributed by atoms with Gasteiger partial charge < -0.3 is 15.4 Å². The zero-order chi connectivity index (χ0) is 20.1. The summed E-state index contributed by atoms with van der Waals surface area (Å²) in [5.41, 5.74) is 6.78. The first-order valence-electron chi connectivity index (χ1n) is 9.26. The minimum atomic E-state index is -0.730. The molecule has 0 radical (unpaired) electrons. The van der Waals surface area contributed by atoms with Crippen molar-refractivity contribution in [3.05, 3.63) is 58.1 Å². The van der Waals surface area contributed by atoms with E-state index in [0.717, 1.165) is 31.4 Å². The predicted octanol–water partition coefficient (Wildman–Crippen LogP) is 5.10. The maximum Gasteiger partial charge on any atom is 0.340 e. The molecule has 1 aliphatic rings. The highest BCUT2D eigenvalue weighted by molar-refractivity contribution is 6.37. The highest BCUT2D eigenvalue weighted by Crippen LogP contribution is 2.29. The molecule has 2 N–H and O–H groups in total. The Bertz CT molecular complexity index is 852. The van der Waals surface area contributed by atoms with Crippen molar-refractivity contribution in [2.75, 3.05) is 17.2 Å². The number of nitrogens with two attached hydrogens (primary N) is 1. The van der Waals surface area contributed by atoms with Gasteiger partial charge in [0.25, 0.3) is 5.91 Å². The largest absolute Gasteiger partial charge is 0.452 e. The van der Waals surface area contributed by atoms with Gasteiger partial charge in [0.15, 0.2) is 6.61 Å². The molecule has 28 heavy (non-hydrogen) atoms. The van der Waals surface area contributed by atoms with Crippen LogP contribution in [0.2, 0.25) is 10.0 Å². The number of rotatable bonds is 5. The Balaban J connectivity index is 1.74. The predicted molar refractivity (Wildman–Crippen MR) is 112 cm³/mol. The third-order valence-corrected chi connectivity index (χ3v) is 5.41. The van der Waals surface area contributed by atoms with Crippen molar-refractivity contribution < 1.29 is 14.3 Å². The van der Waals surface area contributed by atoms with Crippen molar-refractivity contribution in [2.24, 2.45) is 0 Å². The van der Waals surface area contributed by atoms with Gasteiger partial charge in [-0.15, -0.1) is 0 Å². The van der Waals surface area contributed by atoms with E-state index in [1.165, 1.54) is 18.6 Å². The van der Waals surface area contributed by atoms with Crippen molar-refractivity contribution >= 4 is 46.5 Å². The Morgan fingerprint density at radius 1 is 1.07 bits per heavy atom. The van der Waals surface area contributed by atoms with E-state index in [0.29, 0.717) is 0 Å². The van der Waals surface area contributed by atoms with E-state index in [1.807, 2.05) is 30.3 Å². The maximum atomic E-state index is 13.0. The number of esters is 1. The highest BCUT2D eigenvalue weighted by atomic mass is 35.5. The van der Waals surface area contributed by atoms with Gasteiger partial charge in [-0.1, -0.05) is 60.7 Å². The summed E-state index contributed by atoms with van der Waals surface area (Å²) in [7, 11) is 0. The first-order chi connectivity index (χ1) is 13.5. The molecule has 0 spiro atoms. The maximum absolute atomic E-state index is 13.0. The number of nitrogen functional groups attached to an aromatic ring is 1. The van der Waals surface area contributed by atoms with Gasteiger partial charge in [-0.25, -0.2) is 4.79 Å². The minimum Gasteiger partial charge on any atom is -0.452 e. The summed E-state index contributed by atoms with van der Waals surface area (Å²) in [6.45, 7) is -0.381. The second-order valence-electron chi connectivity index (χ2n) is 6.82. The third-order valence-electron chi connectivity index (χ3n) is 4.88.